The molecule has 2 atom stereocenters. The Kier molecular flexibility index (Phi) is 5.06. The molecule has 122 valence electrons. The molecule has 0 spiro atoms. The van der Waals surface area contributed by atoms with Crippen molar-refractivity contribution in [2.45, 2.75) is 58.1 Å². The number of amides is 1. The molecule has 2 N–H and O–H groups in total. The molecule has 5 heteroatoms. The maximum atomic E-state index is 12.6. The molecule has 0 radical (unpaired) electrons. The van der Waals surface area contributed by atoms with Gasteiger partial charge in [-0.05, 0) is 46.1 Å². The zero-order chi connectivity index (χ0) is 16.3. The van der Waals surface area contributed by atoms with Crippen molar-refractivity contribution in [3.8, 4) is 0 Å². The van der Waals surface area contributed by atoms with Crippen LogP contribution in [0.15, 0.2) is 23.9 Å². The summed E-state index contributed by atoms with van der Waals surface area (Å²) < 4.78 is 5.36. The van der Waals surface area contributed by atoms with Gasteiger partial charge < -0.3 is 15.4 Å². The van der Waals surface area contributed by atoms with E-state index in [0.717, 1.165) is 25.0 Å². The lowest BCUT2D eigenvalue weighted by molar-refractivity contribution is -0.158. The molecular formula is C17H26N2O3. The van der Waals surface area contributed by atoms with E-state index in [9.17, 15) is 9.59 Å². The van der Waals surface area contributed by atoms with E-state index in [1.54, 1.807) is 0 Å². The van der Waals surface area contributed by atoms with Crippen LogP contribution in [-0.2, 0) is 14.3 Å². The summed E-state index contributed by atoms with van der Waals surface area (Å²) in [5.41, 5.74) is 6.31. The Morgan fingerprint density at radius 2 is 2.14 bits per heavy atom. The zero-order valence-corrected chi connectivity index (χ0v) is 13.7. The molecule has 0 aromatic heterocycles. The summed E-state index contributed by atoms with van der Waals surface area (Å²) in [4.78, 5) is 26.3. The average molecular weight is 306 g/mol. The minimum Gasteiger partial charge on any atom is -0.459 e. The van der Waals surface area contributed by atoms with Gasteiger partial charge in [0.1, 0.15) is 12.1 Å². The standard InChI is InChI=1S/C17H26N2O3/c1-17(2,3)22-15(20)11-19-14-10-5-4-7-12(14)8-6-9-13(18)16(19)21/h4-5,10,12-13H,6-9,11,18H2,1-3H3. The summed E-state index contributed by atoms with van der Waals surface area (Å²) in [7, 11) is 0. The van der Waals surface area contributed by atoms with Crippen molar-refractivity contribution < 1.29 is 14.3 Å². The Bertz CT molecular complexity index is 503. The van der Waals surface area contributed by atoms with Crippen LogP contribution in [0.5, 0.6) is 0 Å². The molecule has 1 saturated heterocycles. The molecule has 22 heavy (non-hydrogen) atoms. The van der Waals surface area contributed by atoms with Crippen molar-refractivity contribution in [2.24, 2.45) is 11.7 Å². The number of nitrogens with zero attached hydrogens (tertiary/aromatic N) is 1. The van der Waals surface area contributed by atoms with Crippen LogP contribution < -0.4 is 5.73 Å². The molecule has 2 aliphatic rings. The van der Waals surface area contributed by atoms with Crippen molar-refractivity contribution in [1.29, 1.82) is 0 Å². The van der Waals surface area contributed by atoms with E-state index < -0.39 is 17.6 Å². The van der Waals surface area contributed by atoms with Gasteiger partial charge >= 0.3 is 5.97 Å². The quantitative estimate of drug-likeness (QED) is 0.793. The smallest absolute Gasteiger partial charge is 0.326 e. The molecule has 1 heterocycles. The first-order valence-corrected chi connectivity index (χ1v) is 7.93. The van der Waals surface area contributed by atoms with Crippen LogP contribution in [-0.4, -0.2) is 35.0 Å². The zero-order valence-electron chi connectivity index (χ0n) is 13.7. The van der Waals surface area contributed by atoms with Gasteiger partial charge in [0.25, 0.3) is 0 Å². The Balaban J connectivity index is 2.21. The minimum atomic E-state index is -0.564. The molecular weight excluding hydrogens is 280 g/mol. The summed E-state index contributed by atoms with van der Waals surface area (Å²) in [6.45, 7) is 5.38. The third kappa shape index (κ3) is 4.19. The maximum absolute atomic E-state index is 12.6. The van der Waals surface area contributed by atoms with Gasteiger partial charge in [0, 0.05) is 11.6 Å². The van der Waals surface area contributed by atoms with Crippen molar-refractivity contribution in [2.75, 3.05) is 6.54 Å². The lowest BCUT2D eigenvalue weighted by atomic mass is 9.87. The third-order valence-electron chi connectivity index (χ3n) is 3.91. The predicted octanol–water partition coefficient (Wildman–Crippen LogP) is 2.13. The predicted molar refractivity (Wildman–Crippen MR) is 84.7 cm³/mol. The second-order valence-corrected chi connectivity index (χ2v) is 7.00. The van der Waals surface area contributed by atoms with E-state index in [1.807, 2.05) is 32.9 Å². The molecule has 1 fully saturated rings. The van der Waals surface area contributed by atoms with Gasteiger partial charge in [0.15, 0.2) is 0 Å². The van der Waals surface area contributed by atoms with Crippen LogP contribution in [0, 0.1) is 5.92 Å². The SMILES string of the molecule is CC(C)(C)OC(=O)CN1C(=O)C(N)CCCC2CC=CC=C21. The molecule has 5 nitrogen and oxygen atoms in total. The number of hydrogen-bond donors (Lipinski definition) is 1. The van der Waals surface area contributed by atoms with Crippen LogP contribution in [0.1, 0.15) is 46.5 Å². The average Bonchev–Trinajstić information content (AvgIpc) is 2.41. The molecule has 1 aliphatic carbocycles. The Morgan fingerprint density at radius 1 is 1.41 bits per heavy atom. The highest BCUT2D eigenvalue weighted by Gasteiger charge is 2.33. The fourth-order valence-electron chi connectivity index (χ4n) is 2.95. The number of fused-ring (bicyclic) bond motifs is 1. The number of carbonyl (C=O) groups is 2. The highest BCUT2D eigenvalue weighted by molar-refractivity contribution is 5.87. The molecule has 1 aliphatic heterocycles. The number of rotatable bonds is 2. The lowest BCUT2D eigenvalue weighted by Crippen LogP contribution is -2.48. The Labute approximate surface area is 132 Å². The highest BCUT2D eigenvalue weighted by Crippen LogP contribution is 2.31. The lowest BCUT2D eigenvalue weighted by Gasteiger charge is -2.35. The number of likely N-dealkylation sites (tertiary alicyclic amines) is 1. The molecule has 2 unspecified atom stereocenters. The second-order valence-electron chi connectivity index (χ2n) is 7.00. The van der Waals surface area contributed by atoms with Gasteiger partial charge in [-0.15, -0.1) is 0 Å². The first kappa shape index (κ1) is 16.7. The van der Waals surface area contributed by atoms with Crippen LogP contribution in [0.4, 0.5) is 0 Å². The number of nitrogens with two attached hydrogens (primary N) is 1. The van der Waals surface area contributed by atoms with Gasteiger partial charge in [-0.1, -0.05) is 18.6 Å². The van der Waals surface area contributed by atoms with Crippen LogP contribution >= 0.6 is 0 Å². The number of allylic oxidation sites excluding steroid dienone is 4. The topological polar surface area (TPSA) is 72.6 Å². The second kappa shape index (κ2) is 6.65. The van der Waals surface area contributed by atoms with E-state index >= 15 is 0 Å². The monoisotopic (exact) mass is 306 g/mol. The van der Waals surface area contributed by atoms with Gasteiger partial charge in [-0.25, -0.2) is 0 Å². The minimum absolute atomic E-state index is 0.0695. The van der Waals surface area contributed by atoms with Gasteiger partial charge in [0.2, 0.25) is 5.91 Å². The molecule has 1 amide bonds. The number of carbonyl (C=O) groups excluding carboxylic acids is 2. The van der Waals surface area contributed by atoms with Crippen LogP contribution in [0.3, 0.4) is 0 Å². The summed E-state index contributed by atoms with van der Waals surface area (Å²) in [6, 6.07) is -0.546. The fraction of sp³-hybridized carbons (Fsp3) is 0.647. The Hall–Kier alpha value is -1.62. The molecule has 0 aromatic rings. The van der Waals surface area contributed by atoms with Gasteiger partial charge in [-0.2, -0.15) is 0 Å². The third-order valence-corrected chi connectivity index (χ3v) is 3.91. The van der Waals surface area contributed by atoms with E-state index in [2.05, 4.69) is 6.08 Å². The van der Waals surface area contributed by atoms with Gasteiger partial charge in [-0.3, -0.25) is 9.59 Å². The summed E-state index contributed by atoms with van der Waals surface area (Å²) in [5.74, 6) is -0.302. The van der Waals surface area contributed by atoms with Crippen molar-refractivity contribution in [1.82, 2.24) is 4.90 Å². The van der Waals surface area contributed by atoms with Crippen molar-refractivity contribution in [3.63, 3.8) is 0 Å². The normalized spacial score (nSPS) is 25.9. The molecule has 2 rings (SSSR count). The maximum Gasteiger partial charge on any atom is 0.326 e. The first-order valence-electron chi connectivity index (χ1n) is 7.93. The van der Waals surface area contributed by atoms with Crippen LogP contribution in [0.25, 0.3) is 0 Å². The number of hydrogen-bond acceptors (Lipinski definition) is 4. The largest absolute Gasteiger partial charge is 0.459 e. The molecule has 0 saturated carbocycles. The molecule has 0 aromatic carbocycles. The van der Waals surface area contributed by atoms with Crippen LogP contribution in [0.2, 0.25) is 0 Å². The van der Waals surface area contributed by atoms with Crippen molar-refractivity contribution in [3.05, 3.63) is 23.9 Å². The van der Waals surface area contributed by atoms with Gasteiger partial charge in [0.05, 0.1) is 6.04 Å². The summed E-state index contributed by atoms with van der Waals surface area (Å²) in [6.07, 6.45) is 9.45. The summed E-state index contributed by atoms with van der Waals surface area (Å²) >= 11 is 0. The number of esters is 1. The fourth-order valence-corrected chi connectivity index (χ4v) is 2.95. The van der Waals surface area contributed by atoms with Crippen molar-refractivity contribution >= 4 is 11.9 Å². The van der Waals surface area contributed by atoms with E-state index in [-0.39, 0.29) is 18.4 Å². The number of ether oxygens (including phenoxy) is 1. The first-order chi connectivity index (χ1) is 10.3. The van der Waals surface area contributed by atoms with E-state index in [1.165, 1.54) is 4.90 Å². The highest BCUT2D eigenvalue weighted by atomic mass is 16.6. The summed E-state index contributed by atoms with van der Waals surface area (Å²) in [5, 5.41) is 0. The van der Waals surface area contributed by atoms with E-state index in [4.69, 9.17) is 10.5 Å². The van der Waals surface area contributed by atoms with E-state index in [0.29, 0.717) is 6.42 Å². The molecule has 0 bridgehead atoms. The Morgan fingerprint density at radius 3 is 2.82 bits per heavy atom.